The van der Waals surface area contributed by atoms with Gasteiger partial charge in [-0.05, 0) is 25.7 Å². The molecule has 1 aliphatic rings. The van der Waals surface area contributed by atoms with Crippen molar-refractivity contribution in [3.63, 3.8) is 0 Å². The van der Waals surface area contributed by atoms with Crippen LogP contribution in [-0.2, 0) is 0 Å². The van der Waals surface area contributed by atoms with E-state index in [-0.39, 0.29) is 0 Å². The molecule has 24 heavy (non-hydrogen) atoms. The van der Waals surface area contributed by atoms with Gasteiger partial charge in [-0.2, -0.15) is 0 Å². The van der Waals surface area contributed by atoms with Crippen LogP contribution in [0.3, 0.4) is 0 Å². The molecule has 0 saturated heterocycles. The summed E-state index contributed by atoms with van der Waals surface area (Å²) in [6, 6.07) is 0. The van der Waals surface area contributed by atoms with Gasteiger partial charge in [0.25, 0.3) is 0 Å². The van der Waals surface area contributed by atoms with Gasteiger partial charge in [0.15, 0.2) is 0 Å². The summed E-state index contributed by atoms with van der Waals surface area (Å²) in [7, 11) is 0. The molecule has 0 nitrogen and oxygen atoms in total. The van der Waals surface area contributed by atoms with Gasteiger partial charge in [-0.1, -0.05) is 127 Å². The molecule has 140 valence electrons. The van der Waals surface area contributed by atoms with E-state index in [1.165, 1.54) is 122 Å². The van der Waals surface area contributed by atoms with E-state index in [1.54, 1.807) is 5.57 Å². The summed E-state index contributed by atoms with van der Waals surface area (Å²) in [5.41, 5.74) is 1.68. The molecule has 0 N–H and O–H groups in total. The molecule has 0 fully saturated rings. The van der Waals surface area contributed by atoms with Gasteiger partial charge in [-0.25, -0.2) is 0 Å². The molecular formula is C24H44. The van der Waals surface area contributed by atoms with Crippen LogP contribution in [0.2, 0.25) is 0 Å². The topological polar surface area (TPSA) is 0 Å². The minimum absolute atomic E-state index is 1.27. The third-order valence-corrected chi connectivity index (χ3v) is 5.45. The van der Waals surface area contributed by atoms with Crippen molar-refractivity contribution < 1.29 is 0 Å². The van der Waals surface area contributed by atoms with Crippen LogP contribution in [0, 0.1) is 0 Å². The number of unbranched alkanes of at least 4 members (excludes halogenated alkanes) is 15. The van der Waals surface area contributed by atoms with Crippen molar-refractivity contribution in [2.24, 2.45) is 0 Å². The fourth-order valence-corrected chi connectivity index (χ4v) is 3.76. The lowest BCUT2D eigenvalue weighted by molar-refractivity contribution is 0.529. The second-order valence-electron chi connectivity index (χ2n) is 7.85. The average Bonchev–Trinajstić information content (AvgIpc) is 2.62. The summed E-state index contributed by atoms with van der Waals surface area (Å²) < 4.78 is 0. The Hall–Kier alpha value is -0.520. The highest BCUT2D eigenvalue weighted by molar-refractivity contribution is 5.17. The van der Waals surface area contributed by atoms with E-state index in [2.05, 4.69) is 25.2 Å². The molecule has 0 spiro atoms. The first-order valence-corrected chi connectivity index (χ1v) is 11.3. The molecule has 0 atom stereocenters. The third kappa shape index (κ3) is 13.9. The summed E-state index contributed by atoms with van der Waals surface area (Å²) in [5.74, 6) is 0. The molecule has 0 unspecified atom stereocenters. The van der Waals surface area contributed by atoms with Crippen LogP contribution < -0.4 is 0 Å². The van der Waals surface area contributed by atoms with Gasteiger partial charge >= 0.3 is 0 Å². The molecule has 0 aliphatic heterocycles. The number of rotatable bonds is 17. The Bertz CT molecular complexity index is 310. The largest absolute Gasteiger partial charge is 0.0842 e. The maximum Gasteiger partial charge on any atom is -0.0282 e. The van der Waals surface area contributed by atoms with Gasteiger partial charge in [0.05, 0.1) is 0 Å². The van der Waals surface area contributed by atoms with Gasteiger partial charge < -0.3 is 0 Å². The Labute approximate surface area is 153 Å². The van der Waals surface area contributed by atoms with Crippen molar-refractivity contribution in [3.8, 4) is 0 Å². The molecule has 0 radical (unpaired) electrons. The predicted molar refractivity (Wildman–Crippen MR) is 111 cm³/mol. The lowest BCUT2D eigenvalue weighted by Crippen LogP contribution is -1.88. The van der Waals surface area contributed by atoms with Gasteiger partial charge in [0.1, 0.15) is 0 Å². The summed E-state index contributed by atoms with van der Waals surface area (Å²) in [5, 5.41) is 0. The molecular weight excluding hydrogens is 288 g/mol. The van der Waals surface area contributed by atoms with Crippen LogP contribution >= 0.6 is 0 Å². The molecule has 0 bridgehead atoms. The van der Waals surface area contributed by atoms with Gasteiger partial charge in [-0.15, -0.1) is 0 Å². The Morgan fingerprint density at radius 3 is 1.50 bits per heavy atom. The van der Waals surface area contributed by atoms with Gasteiger partial charge in [-0.3, -0.25) is 0 Å². The quantitative estimate of drug-likeness (QED) is 0.233. The number of hydrogen-bond donors (Lipinski definition) is 0. The van der Waals surface area contributed by atoms with E-state index < -0.39 is 0 Å². The fourth-order valence-electron chi connectivity index (χ4n) is 3.76. The first kappa shape index (κ1) is 21.5. The van der Waals surface area contributed by atoms with Crippen molar-refractivity contribution >= 4 is 0 Å². The lowest BCUT2D eigenvalue weighted by atomic mass is 9.98. The Morgan fingerprint density at radius 2 is 1.08 bits per heavy atom. The molecule has 0 aromatic carbocycles. The first-order valence-electron chi connectivity index (χ1n) is 11.3. The van der Waals surface area contributed by atoms with Crippen molar-refractivity contribution in [1.29, 1.82) is 0 Å². The highest BCUT2D eigenvalue weighted by atomic mass is 14.1. The SMILES string of the molecule is CCCCCCCCCCCCCCCCCCC1=CC=CCC1. The minimum atomic E-state index is 1.27. The molecule has 0 aromatic heterocycles. The monoisotopic (exact) mass is 332 g/mol. The molecule has 0 heterocycles. The zero-order valence-corrected chi connectivity index (χ0v) is 16.7. The van der Waals surface area contributed by atoms with Crippen molar-refractivity contribution in [2.75, 3.05) is 0 Å². The van der Waals surface area contributed by atoms with Crippen molar-refractivity contribution in [3.05, 3.63) is 23.8 Å². The molecule has 1 rings (SSSR count). The number of hydrogen-bond acceptors (Lipinski definition) is 0. The summed E-state index contributed by atoms with van der Waals surface area (Å²) in [4.78, 5) is 0. The zero-order valence-electron chi connectivity index (χ0n) is 16.7. The summed E-state index contributed by atoms with van der Waals surface area (Å²) in [6.07, 6.45) is 34.2. The zero-order chi connectivity index (χ0) is 17.1. The predicted octanol–water partition coefficient (Wildman–Crippen LogP) is 8.91. The van der Waals surface area contributed by atoms with Crippen molar-refractivity contribution in [1.82, 2.24) is 0 Å². The van der Waals surface area contributed by atoms with E-state index in [1.807, 2.05) is 0 Å². The third-order valence-electron chi connectivity index (χ3n) is 5.45. The van der Waals surface area contributed by atoms with E-state index >= 15 is 0 Å². The Balaban J connectivity index is 1.69. The second kappa shape index (κ2) is 17.3. The van der Waals surface area contributed by atoms with Gasteiger partial charge in [0, 0.05) is 0 Å². The van der Waals surface area contributed by atoms with E-state index in [9.17, 15) is 0 Å². The fraction of sp³-hybridized carbons (Fsp3) is 0.833. The standard InChI is InChI=1S/C24H44/c1-2-3-4-5-6-7-8-9-10-11-12-13-14-15-16-18-21-24-22-19-17-20-23-24/h17,19,22H,2-16,18,20-21,23H2,1H3. The Kier molecular flexibility index (Phi) is 15.5. The van der Waals surface area contributed by atoms with Crippen molar-refractivity contribution in [2.45, 2.75) is 129 Å². The van der Waals surface area contributed by atoms with Gasteiger partial charge in [0.2, 0.25) is 0 Å². The van der Waals surface area contributed by atoms with Crippen LogP contribution in [0.15, 0.2) is 23.8 Å². The van der Waals surface area contributed by atoms with E-state index in [0.717, 1.165) is 0 Å². The Morgan fingerprint density at radius 1 is 0.625 bits per heavy atom. The maximum absolute atomic E-state index is 2.34. The van der Waals surface area contributed by atoms with Crippen LogP contribution in [-0.4, -0.2) is 0 Å². The average molecular weight is 333 g/mol. The molecule has 0 heteroatoms. The highest BCUT2D eigenvalue weighted by Gasteiger charge is 1.99. The highest BCUT2D eigenvalue weighted by Crippen LogP contribution is 2.19. The first-order chi connectivity index (χ1) is 11.9. The van der Waals surface area contributed by atoms with Crippen LogP contribution in [0.25, 0.3) is 0 Å². The molecule has 0 aromatic rings. The smallest absolute Gasteiger partial charge is 0.0282 e. The lowest BCUT2D eigenvalue weighted by Gasteiger charge is -2.08. The van der Waals surface area contributed by atoms with Crippen LogP contribution in [0.1, 0.15) is 129 Å². The molecule has 0 saturated carbocycles. The maximum atomic E-state index is 2.34. The summed E-state index contributed by atoms with van der Waals surface area (Å²) in [6.45, 7) is 2.30. The van der Waals surface area contributed by atoms with E-state index in [4.69, 9.17) is 0 Å². The van der Waals surface area contributed by atoms with Crippen LogP contribution in [0.5, 0.6) is 0 Å². The molecule has 0 amide bonds. The number of allylic oxidation sites excluding steroid dienone is 4. The van der Waals surface area contributed by atoms with E-state index in [0.29, 0.717) is 0 Å². The molecule has 1 aliphatic carbocycles. The minimum Gasteiger partial charge on any atom is -0.0842 e. The summed E-state index contributed by atoms with van der Waals surface area (Å²) >= 11 is 0. The van der Waals surface area contributed by atoms with Crippen LogP contribution in [0.4, 0.5) is 0 Å². The second-order valence-corrected chi connectivity index (χ2v) is 7.85. The normalized spacial score (nSPS) is 14.1.